The van der Waals surface area contributed by atoms with E-state index in [2.05, 4.69) is 15.4 Å². The Morgan fingerprint density at radius 1 is 1.00 bits per heavy atom. The van der Waals surface area contributed by atoms with Gasteiger partial charge in [0.2, 0.25) is 5.91 Å². The zero-order chi connectivity index (χ0) is 20.9. The lowest BCUT2D eigenvalue weighted by atomic mass is 10.1. The summed E-state index contributed by atoms with van der Waals surface area (Å²) in [5, 5.41) is 5.03. The first-order valence-electron chi connectivity index (χ1n) is 8.97. The number of nitrogens with one attached hydrogen (secondary N) is 3. The number of hydrogen-bond donors (Lipinski definition) is 3. The lowest BCUT2D eigenvalue weighted by Crippen LogP contribution is -2.37. The number of para-hydroxylation sites is 1. The zero-order valence-corrected chi connectivity index (χ0v) is 16.5. The van der Waals surface area contributed by atoms with E-state index in [9.17, 15) is 18.0 Å². The Morgan fingerprint density at radius 2 is 1.72 bits per heavy atom. The number of likely N-dealkylation sites (N-methyl/N-ethyl adjacent to an activating group) is 1. The molecule has 0 fully saturated rings. The molecular weight excluding hydrogens is 398 g/mol. The SMILES string of the molecule is CCNC(=O)CNC(=O)c1ccccc1NS(=O)(=O)c1ccc2c(c1)OCCO2. The minimum atomic E-state index is -3.99. The van der Waals surface area contributed by atoms with Crippen LogP contribution in [0.2, 0.25) is 0 Å². The average molecular weight is 419 g/mol. The normalized spacial score (nSPS) is 12.7. The molecule has 2 aromatic carbocycles. The maximum Gasteiger partial charge on any atom is 0.262 e. The number of sulfonamides is 1. The fraction of sp³-hybridized carbons (Fsp3) is 0.263. The molecule has 10 heteroatoms. The van der Waals surface area contributed by atoms with Crippen LogP contribution in [-0.2, 0) is 14.8 Å². The molecule has 0 aromatic heterocycles. The standard InChI is InChI=1S/C19H21N3O6S/c1-2-20-18(23)12-21-19(24)14-5-3-4-6-15(14)22-29(25,26)13-7-8-16-17(11-13)28-10-9-27-16/h3-8,11,22H,2,9-10,12H2,1H3,(H,20,23)(H,21,24). The Morgan fingerprint density at radius 3 is 2.48 bits per heavy atom. The summed E-state index contributed by atoms with van der Waals surface area (Å²) in [6.07, 6.45) is 0. The molecule has 1 aliphatic heterocycles. The first-order chi connectivity index (χ1) is 13.9. The third-order valence-electron chi connectivity index (χ3n) is 4.02. The highest BCUT2D eigenvalue weighted by atomic mass is 32.2. The van der Waals surface area contributed by atoms with Crippen LogP contribution >= 0.6 is 0 Å². The largest absolute Gasteiger partial charge is 0.486 e. The van der Waals surface area contributed by atoms with Crippen LogP contribution in [-0.4, -0.2) is 46.5 Å². The predicted octanol–water partition coefficient (Wildman–Crippen LogP) is 1.12. The van der Waals surface area contributed by atoms with Gasteiger partial charge in [-0.15, -0.1) is 0 Å². The summed E-state index contributed by atoms with van der Waals surface area (Å²) in [5.74, 6) is -0.0978. The molecule has 9 nitrogen and oxygen atoms in total. The van der Waals surface area contributed by atoms with Crippen LogP contribution in [0.3, 0.4) is 0 Å². The van der Waals surface area contributed by atoms with E-state index in [1.165, 1.54) is 30.3 Å². The van der Waals surface area contributed by atoms with Crippen LogP contribution in [0.5, 0.6) is 11.5 Å². The summed E-state index contributed by atoms with van der Waals surface area (Å²) in [5.41, 5.74) is 0.189. The van der Waals surface area contributed by atoms with Crippen molar-refractivity contribution in [2.24, 2.45) is 0 Å². The van der Waals surface area contributed by atoms with Crippen LogP contribution in [0.4, 0.5) is 5.69 Å². The highest BCUT2D eigenvalue weighted by Crippen LogP contribution is 2.33. The molecule has 154 valence electrons. The summed E-state index contributed by atoms with van der Waals surface area (Å²) < 4.78 is 38.9. The summed E-state index contributed by atoms with van der Waals surface area (Å²) in [7, 11) is -3.99. The molecule has 0 saturated heterocycles. The quantitative estimate of drug-likeness (QED) is 0.618. The maximum atomic E-state index is 12.8. The van der Waals surface area contributed by atoms with Gasteiger partial charge in [-0.05, 0) is 31.2 Å². The lowest BCUT2D eigenvalue weighted by molar-refractivity contribution is -0.120. The lowest BCUT2D eigenvalue weighted by Gasteiger charge is -2.19. The van der Waals surface area contributed by atoms with Crippen LogP contribution in [0.1, 0.15) is 17.3 Å². The van der Waals surface area contributed by atoms with E-state index >= 15 is 0 Å². The molecule has 2 amide bonds. The Hall–Kier alpha value is -3.27. The summed E-state index contributed by atoms with van der Waals surface area (Å²) in [6, 6.07) is 10.4. The van der Waals surface area contributed by atoms with E-state index in [1.807, 2.05) is 0 Å². The van der Waals surface area contributed by atoms with Crippen molar-refractivity contribution in [3.05, 3.63) is 48.0 Å². The third kappa shape index (κ3) is 4.96. The van der Waals surface area contributed by atoms with Gasteiger partial charge in [-0.3, -0.25) is 14.3 Å². The second-order valence-corrected chi connectivity index (χ2v) is 7.78. The first-order valence-corrected chi connectivity index (χ1v) is 10.5. The highest BCUT2D eigenvalue weighted by Gasteiger charge is 2.22. The van der Waals surface area contributed by atoms with Crippen molar-refractivity contribution in [3.63, 3.8) is 0 Å². The molecule has 1 heterocycles. The second kappa shape index (κ2) is 8.82. The van der Waals surface area contributed by atoms with Gasteiger partial charge in [-0.2, -0.15) is 0 Å². The van der Waals surface area contributed by atoms with E-state index in [0.29, 0.717) is 31.3 Å². The molecule has 29 heavy (non-hydrogen) atoms. The van der Waals surface area contributed by atoms with Crippen LogP contribution in [0.15, 0.2) is 47.4 Å². The van der Waals surface area contributed by atoms with Gasteiger partial charge >= 0.3 is 0 Å². The van der Waals surface area contributed by atoms with Gasteiger partial charge in [0, 0.05) is 12.6 Å². The molecule has 0 aliphatic carbocycles. The van der Waals surface area contributed by atoms with Crippen molar-refractivity contribution in [1.29, 1.82) is 0 Å². The third-order valence-corrected chi connectivity index (χ3v) is 5.39. The van der Waals surface area contributed by atoms with Crippen LogP contribution in [0.25, 0.3) is 0 Å². The molecule has 0 saturated carbocycles. The van der Waals surface area contributed by atoms with Crippen LogP contribution < -0.4 is 24.8 Å². The van der Waals surface area contributed by atoms with E-state index in [4.69, 9.17) is 9.47 Å². The van der Waals surface area contributed by atoms with Gasteiger partial charge in [-0.25, -0.2) is 8.42 Å². The molecule has 2 aromatic rings. The Labute approximate surface area is 168 Å². The van der Waals surface area contributed by atoms with E-state index in [0.717, 1.165) is 0 Å². The van der Waals surface area contributed by atoms with Crippen LogP contribution in [0, 0.1) is 0 Å². The van der Waals surface area contributed by atoms with Gasteiger partial charge < -0.3 is 20.1 Å². The minimum absolute atomic E-state index is 0.0284. The van der Waals surface area contributed by atoms with Crippen molar-refractivity contribution in [2.45, 2.75) is 11.8 Å². The molecule has 0 atom stereocenters. The molecule has 3 N–H and O–H groups in total. The van der Waals surface area contributed by atoms with Gasteiger partial charge in [-0.1, -0.05) is 12.1 Å². The second-order valence-electron chi connectivity index (χ2n) is 6.09. The van der Waals surface area contributed by atoms with Crippen molar-refractivity contribution in [1.82, 2.24) is 10.6 Å². The number of carbonyl (C=O) groups is 2. The highest BCUT2D eigenvalue weighted by molar-refractivity contribution is 7.92. The fourth-order valence-electron chi connectivity index (χ4n) is 2.68. The number of benzene rings is 2. The minimum Gasteiger partial charge on any atom is -0.486 e. The summed E-state index contributed by atoms with van der Waals surface area (Å²) in [6.45, 7) is 2.73. The zero-order valence-electron chi connectivity index (χ0n) is 15.7. The molecule has 0 unspecified atom stereocenters. The Bertz CT molecular complexity index is 1020. The number of carbonyl (C=O) groups excluding carboxylic acids is 2. The van der Waals surface area contributed by atoms with Crippen molar-refractivity contribution < 1.29 is 27.5 Å². The predicted molar refractivity (Wildman–Crippen MR) is 106 cm³/mol. The monoisotopic (exact) mass is 419 g/mol. The number of amides is 2. The number of fused-ring (bicyclic) bond motifs is 1. The van der Waals surface area contributed by atoms with Gasteiger partial charge in [0.1, 0.15) is 13.2 Å². The Balaban J connectivity index is 1.79. The fourth-order valence-corrected chi connectivity index (χ4v) is 3.77. The smallest absolute Gasteiger partial charge is 0.262 e. The number of anilines is 1. The average Bonchev–Trinajstić information content (AvgIpc) is 2.72. The van der Waals surface area contributed by atoms with Crippen molar-refractivity contribution in [2.75, 3.05) is 31.0 Å². The van der Waals surface area contributed by atoms with E-state index < -0.39 is 15.9 Å². The number of ether oxygens (including phenoxy) is 2. The van der Waals surface area contributed by atoms with Gasteiger partial charge in [0.05, 0.1) is 22.7 Å². The molecule has 0 spiro atoms. The summed E-state index contributed by atoms with van der Waals surface area (Å²) >= 11 is 0. The van der Waals surface area contributed by atoms with E-state index in [1.54, 1.807) is 19.1 Å². The molecule has 0 bridgehead atoms. The molecule has 0 radical (unpaired) electrons. The van der Waals surface area contributed by atoms with Crippen molar-refractivity contribution >= 4 is 27.5 Å². The topological polar surface area (TPSA) is 123 Å². The first kappa shape index (κ1) is 20.5. The van der Waals surface area contributed by atoms with E-state index in [-0.39, 0.29) is 28.6 Å². The Kier molecular flexibility index (Phi) is 6.23. The molecular formula is C19H21N3O6S. The van der Waals surface area contributed by atoms with Gasteiger partial charge in [0.25, 0.3) is 15.9 Å². The summed E-state index contributed by atoms with van der Waals surface area (Å²) in [4.78, 5) is 23.9. The molecule has 3 rings (SSSR count). The van der Waals surface area contributed by atoms with Gasteiger partial charge in [0.15, 0.2) is 11.5 Å². The number of rotatable bonds is 7. The maximum absolute atomic E-state index is 12.8. The molecule has 1 aliphatic rings. The number of hydrogen-bond acceptors (Lipinski definition) is 6. The van der Waals surface area contributed by atoms with Crippen molar-refractivity contribution in [3.8, 4) is 11.5 Å².